The van der Waals surface area contributed by atoms with Crippen LogP contribution in [0.1, 0.15) is 5.56 Å². The van der Waals surface area contributed by atoms with Crippen LogP contribution in [-0.4, -0.2) is 12.6 Å². The molecule has 3 rings (SSSR count). The molecule has 0 saturated heterocycles. The summed E-state index contributed by atoms with van der Waals surface area (Å²) in [5, 5.41) is 4.21. The lowest BCUT2D eigenvalue weighted by Gasteiger charge is -2.12. The Kier molecular flexibility index (Phi) is 3.11. The van der Waals surface area contributed by atoms with Crippen molar-refractivity contribution < 1.29 is 4.74 Å². The minimum Gasteiger partial charge on any atom is -0.491 e. The van der Waals surface area contributed by atoms with Crippen LogP contribution in [0.5, 0.6) is 5.75 Å². The van der Waals surface area contributed by atoms with Gasteiger partial charge in [-0.25, -0.2) is 0 Å². The van der Waals surface area contributed by atoms with Crippen molar-refractivity contribution in [1.82, 2.24) is 0 Å². The van der Waals surface area contributed by atoms with Crippen molar-refractivity contribution in [2.24, 2.45) is 0 Å². The molecule has 1 heterocycles. The van der Waals surface area contributed by atoms with E-state index >= 15 is 0 Å². The molecule has 1 aliphatic heterocycles. The van der Waals surface area contributed by atoms with Crippen LogP contribution in [-0.2, 0) is 6.42 Å². The van der Waals surface area contributed by atoms with E-state index in [1.165, 1.54) is 5.56 Å². The third-order valence-corrected chi connectivity index (χ3v) is 3.33. The predicted molar refractivity (Wildman–Crippen MR) is 74.5 cm³/mol. The van der Waals surface area contributed by atoms with E-state index in [4.69, 9.17) is 16.3 Å². The predicted octanol–water partition coefficient (Wildman–Crippen LogP) is 3.76. The molecule has 0 aliphatic carbocycles. The topological polar surface area (TPSA) is 21.3 Å². The van der Waals surface area contributed by atoms with Crippen molar-refractivity contribution in [3.05, 3.63) is 59.1 Å². The number of hydrogen-bond acceptors (Lipinski definition) is 2. The highest BCUT2D eigenvalue weighted by atomic mass is 35.5. The number of nitrogens with one attached hydrogen (secondary N) is 1. The largest absolute Gasteiger partial charge is 0.491 e. The van der Waals surface area contributed by atoms with E-state index in [1.54, 1.807) is 0 Å². The maximum Gasteiger partial charge on any atom is 0.119 e. The number of halogens is 1. The van der Waals surface area contributed by atoms with E-state index in [0.29, 0.717) is 12.6 Å². The van der Waals surface area contributed by atoms with Crippen molar-refractivity contribution >= 4 is 17.3 Å². The second kappa shape index (κ2) is 4.91. The monoisotopic (exact) mass is 259 g/mol. The molecule has 0 fully saturated rings. The van der Waals surface area contributed by atoms with E-state index < -0.39 is 0 Å². The third-order valence-electron chi connectivity index (χ3n) is 3.09. The maximum atomic E-state index is 5.97. The molecule has 1 atom stereocenters. The maximum absolute atomic E-state index is 5.97. The van der Waals surface area contributed by atoms with Gasteiger partial charge >= 0.3 is 0 Å². The first-order valence-electron chi connectivity index (χ1n) is 6.04. The van der Waals surface area contributed by atoms with Gasteiger partial charge in [-0.3, -0.25) is 0 Å². The van der Waals surface area contributed by atoms with Crippen molar-refractivity contribution in [3.63, 3.8) is 0 Å². The summed E-state index contributed by atoms with van der Waals surface area (Å²) in [4.78, 5) is 0. The van der Waals surface area contributed by atoms with Crippen LogP contribution >= 0.6 is 11.6 Å². The second-order valence-corrected chi connectivity index (χ2v) is 4.91. The quantitative estimate of drug-likeness (QED) is 0.906. The first-order valence-corrected chi connectivity index (χ1v) is 6.42. The fourth-order valence-electron chi connectivity index (χ4n) is 2.21. The van der Waals surface area contributed by atoms with Crippen molar-refractivity contribution in [2.45, 2.75) is 12.5 Å². The van der Waals surface area contributed by atoms with E-state index in [0.717, 1.165) is 22.9 Å². The zero-order chi connectivity index (χ0) is 12.4. The Morgan fingerprint density at radius 3 is 2.83 bits per heavy atom. The molecule has 0 saturated carbocycles. The molecule has 1 aliphatic rings. The zero-order valence-corrected chi connectivity index (χ0v) is 10.7. The highest BCUT2D eigenvalue weighted by Gasteiger charge is 2.20. The Labute approximate surface area is 112 Å². The van der Waals surface area contributed by atoms with Gasteiger partial charge in [0, 0.05) is 10.7 Å². The number of anilines is 1. The Balaban J connectivity index is 1.61. The van der Waals surface area contributed by atoms with Crippen LogP contribution < -0.4 is 10.1 Å². The Morgan fingerprint density at radius 1 is 1.17 bits per heavy atom. The minimum atomic E-state index is 0.318. The normalized spacial score (nSPS) is 17.1. The van der Waals surface area contributed by atoms with Gasteiger partial charge in [-0.1, -0.05) is 35.9 Å². The van der Waals surface area contributed by atoms with Crippen LogP contribution in [0.3, 0.4) is 0 Å². The van der Waals surface area contributed by atoms with Gasteiger partial charge in [-0.05, 0) is 36.2 Å². The van der Waals surface area contributed by atoms with Gasteiger partial charge in [0.25, 0.3) is 0 Å². The van der Waals surface area contributed by atoms with Crippen LogP contribution in [0.25, 0.3) is 0 Å². The van der Waals surface area contributed by atoms with Gasteiger partial charge in [0.1, 0.15) is 12.4 Å². The molecule has 92 valence electrons. The minimum absolute atomic E-state index is 0.318. The molecule has 2 aromatic carbocycles. The lowest BCUT2D eigenvalue weighted by Crippen LogP contribution is -2.24. The molecule has 0 amide bonds. The lowest BCUT2D eigenvalue weighted by atomic mass is 10.1. The molecular weight excluding hydrogens is 246 g/mol. The second-order valence-electron chi connectivity index (χ2n) is 4.47. The summed E-state index contributed by atoms with van der Waals surface area (Å²) in [6.07, 6.45) is 0.985. The number of hydrogen-bond donors (Lipinski definition) is 1. The molecule has 18 heavy (non-hydrogen) atoms. The molecule has 0 spiro atoms. The first kappa shape index (κ1) is 11.4. The standard InChI is InChI=1S/C15H14ClNO/c16-12-7-6-11-8-13(17-15(11)9-12)10-18-14-4-2-1-3-5-14/h1-7,9,13,17H,8,10H2. The van der Waals surface area contributed by atoms with E-state index in [-0.39, 0.29) is 0 Å². The number of ether oxygens (including phenoxy) is 1. The van der Waals surface area contributed by atoms with Gasteiger partial charge < -0.3 is 10.1 Å². The average Bonchev–Trinajstić information content (AvgIpc) is 2.79. The zero-order valence-electron chi connectivity index (χ0n) is 9.90. The highest BCUT2D eigenvalue weighted by Crippen LogP contribution is 2.28. The summed E-state index contributed by atoms with van der Waals surface area (Å²) in [6.45, 7) is 0.663. The average molecular weight is 260 g/mol. The fraction of sp³-hybridized carbons (Fsp3) is 0.200. The van der Waals surface area contributed by atoms with E-state index in [9.17, 15) is 0 Å². The van der Waals surface area contributed by atoms with Crippen LogP contribution in [0, 0.1) is 0 Å². The number of rotatable bonds is 3. The van der Waals surface area contributed by atoms with Crippen molar-refractivity contribution in [3.8, 4) is 5.75 Å². The molecule has 0 aromatic heterocycles. The number of para-hydroxylation sites is 1. The first-order chi connectivity index (χ1) is 8.81. The van der Waals surface area contributed by atoms with Gasteiger partial charge in [0.15, 0.2) is 0 Å². The van der Waals surface area contributed by atoms with Gasteiger partial charge in [0.05, 0.1) is 6.04 Å². The summed E-state index contributed by atoms with van der Waals surface area (Å²) in [6, 6.07) is 16.2. The molecule has 0 bridgehead atoms. The molecule has 2 nitrogen and oxygen atoms in total. The Hall–Kier alpha value is -1.67. The van der Waals surface area contributed by atoms with Gasteiger partial charge in [-0.15, -0.1) is 0 Å². The van der Waals surface area contributed by atoms with Crippen LogP contribution in [0.15, 0.2) is 48.5 Å². The molecule has 3 heteroatoms. The molecule has 1 unspecified atom stereocenters. The summed E-state index contributed by atoms with van der Waals surface area (Å²) in [5.74, 6) is 0.910. The number of benzene rings is 2. The highest BCUT2D eigenvalue weighted by molar-refractivity contribution is 6.30. The summed E-state index contributed by atoms with van der Waals surface area (Å²) >= 11 is 5.97. The third kappa shape index (κ3) is 2.44. The van der Waals surface area contributed by atoms with Crippen LogP contribution in [0.2, 0.25) is 5.02 Å². The summed E-state index contributed by atoms with van der Waals surface area (Å²) in [7, 11) is 0. The summed E-state index contributed by atoms with van der Waals surface area (Å²) in [5.41, 5.74) is 2.44. The van der Waals surface area contributed by atoms with Gasteiger partial charge in [0.2, 0.25) is 0 Å². The molecular formula is C15H14ClNO. The Bertz CT molecular complexity index is 541. The van der Waals surface area contributed by atoms with Crippen molar-refractivity contribution in [2.75, 3.05) is 11.9 Å². The van der Waals surface area contributed by atoms with Gasteiger partial charge in [-0.2, -0.15) is 0 Å². The van der Waals surface area contributed by atoms with Crippen molar-refractivity contribution in [1.29, 1.82) is 0 Å². The van der Waals surface area contributed by atoms with E-state index in [2.05, 4.69) is 11.4 Å². The van der Waals surface area contributed by atoms with E-state index in [1.807, 2.05) is 42.5 Å². The van der Waals surface area contributed by atoms with Crippen LogP contribution in [0.4, 0.5) is 5.69 Å². The molecule has 1 N–H and O–H groups in total. The molecule has 0 radical (unpaired) electrons. The molecule has 2 aromatic rings. The fourth-order valence-corrected chi connectivity index (χ4v) is 2.38. The SMILES string of the molecule is Clc1ccc2c(c1)NC(COc1ccccc1)C2. The lowest BCUT2D eigenvalue weighted by molar-refractivity contribution is 0.299. The number of fused-ring (bicyclic) bond motifs is 1. The smallest absolute Gasteiger partial charge is 0.119 e. The summed E-state index contributed by atoms with van der Waals surface area (Å²) < 4.78 is 5.76. The Morgan fingerprint density at radius 2 is 2.00 bits per heavy atom.